The molecule has 6 heteroatoms. The Kier molecular flexibility index (Phi) is 7.82. The van der Waals surface area contributed by atoms with E-state index in [2.05, 4.69) is 5.32 Å². The molecule has 0 aliphatic rings. The van der Waals surface area contributed by atoms with Gasteiger partial charge in [-0.1, -0.05) is 60.7 Å². The fourth-order valence-electron chi connectivity index (χ4n) is 2.80. The zero-order valence-electron chi connectivity index (χ0n) is 15.4. The summed E-state index contributed by atoms with van der Waals surface area (Å²) in [6, 6.07) is 18.1. The number of aliphatic hydroxyl groups excluding tert-OH is 1. The van der Waals surface area contributed by atoms with Crippen LogP contribution in [0.25, 0.3) is 0 Å². The van der Waals surface area contributed by atoms with Gasteiger partial charge in [-0.25, -0.2) is 9.59 Å². The summed E-state index contributed by atoms with van der Waals surface area (Å²) in [7, 11) is 0. The number of alkyl carbamates (subject to hydrolysis) is 1. The third-order valence-corrected chi connectivity index (χ3v) is 4.13. The van der Waals surface area contributed by atoms with Crippen molar-refractivity contribution >= 4 is 12.1 Å². The molecule has 27 heavy (non-hydrogen) atoms. The lowest BCUT2D eigenvalue weighted by atomic mass is 9.85. The largest absolute Gasteiger partial charge is 0.464 e. The highest BCUT2D eigenvalue weighted by atomic mass is 16.6. The minimum atomic E-state index is -1.42. The number of nitrogens with one attached hydrogen (secondary N) is 1. The second kappa shape index (κ2) is 10.3. The molecule has 0 saturated carbocycles. The molecular weight excluding hydrogens is 346 g/mol. The number of hydrogen-bond acceptors (Lipinski definition) is 5. The third kappa shape index (κ3) is 5.56. The van der Waals surface area contributed by atoms with Crippen molar-refractivity contribution in [2.75, 3.05) is 13.2 Å². The van der Waals surface area contributed by atoms with E-state index in [0.717, 1.165) is 5.56 Å². The Hall–Kier alpha value is -2.86. The molecule has 2 N–H and O–H groups in total. The predicted octanol–water partition coefficient (Wildman–Crippen LogP) is 3.14. The molecule has 1 amide bonds. The first-order valence-electron chi connectivity index (χ1n) is 8.95. The molecular formula is C21H25NO5. The molecule has 0 heterocycles. The van der Waals surface area contributed by atoms with Gasteiger partial charge in [-0.05, 0) is 30.9 Å². The lowest BCUT2D eigenvalue weighted by Crippen LogP contribution is -2.53. The minimum absolute atomic E-state index is 0.0837. The summed E-state index contributed by atoms with van der Waals surface area (Å²) in [6.45, 7) is 1.84. The van der Waals surface area contributed by atoms with Gasteiger partial charge in [0.25, 0.3) is 0 Å². The summed E-state index contributed by atoms with van der Waals surface area (Å²) < 4.78 is 10.5. The van der Waals surface area contributed by atoms with E-state index in [0.29, 0.717) is 12.0 Å². The quantitative estimate of drug-likeness (QED) is 0.662. The molecule has 0 aliphatic carbocycles. The van der Waals surface area contributed by atoms with Gasteiger partial charge in [0.2, 0.25) is 0 Å². The molecule has 0 saturated heterocycles. The van der Waals surface area contributed by atoms with Crippen LogP contribution in [0, 0.1) is 0 Å². The van der Waals surface area contributed by atoms with Crippen LogP contribution in [0.2, 0.25) is 0 Å². The van der Waals surface area contributed by atoms with Gasteiger partial charge in [0, 0.05) is 6.61 Å². The number of aliphatic hydroxyl groups is 1. The van der Waals surface area contributed by atoms with Crippen LogP contribution in [0.3, 0.4) is 0 Å². The molecule has 0 spiro atoms. The fourth-order valence-corrected chi connectivity index (χ4v) is 2.80. The number of hydrogen-bond donors (Lipinski definition) is 2. The average molecular weight is 371 g/mol. The molecule has 0 radical (unpaired) electrons. The van der Waals surface area contributed by atoms with Crippen molar-refractivity contribution in [3.63, 3.8) is 0 Å². The zero-order valence-corrected chi connectivity index (χ0v) is 15.4. The van der Waals surface area contributed by atoms with Crippen LogP contribution in [-0.2, 0) is 26.4 Å². The van der Waals surface area contributed by atoms with Crippen LogP contribution in [0.5, 0.6) is 0 Å². The molecule has 0 unspecified atom stereocenters. The smallest absolute Gasteiger partial charge is 0.408 e. The third-order valence-electron chi connectivity index (χ3n) is 4.13. The Bertz CT molecular complexity index is 720. The number of carbonyl (C=O) groups excluding carboxylic acids is 2. The van der Waals surface area contributed by atoms with E-state index in [-0.39, 0.29) is 26.2 Å². The molecule has 0 bridgehead atoms. The summed E-state index contributed by atoms with van der Waals surface area (Å²) in [5.41, 5.74) is -0.00802. The highest BCUT2D eigenvalue weighted by molar-refractivity contribution is 5.87. The molecule has 144 valence electrons. The standard InChI is InChI=1S/C21H25NO5/c1-2-26-19(24)21(14-9-15-23,18-12-7-4-8-13-18)22-20(25)27-16-17-10-5-3-6-11-17/h3-8,10-13,23H,2,9,14-16H2,1H3,(H,22,25)/t21-/m1/s1. The van der Waals surface area contributed by atoms with E-state index in [1.54, 1.807) is 31.2 Å². The maximum atomic E-state index is 12.8. The molecule has 0 aromatic heterocycles. The lowest BCUT2D eigenvalue weighted by Gasteiger charge is -2.32. The number of carbonyl (C=O) groups is 2. The van der Waals surface area contributed by atoms with Crippen LogP contribution in [0.1, 0.15) is 30.9 Å². The number of ether oxygens (including phenoxy) is 2. The van der Waals surface area contributed by atoms with E-state index in [9.17, 15) is 14.7 Å². The Labute approximate surface area is 159 Å². The Morgan fingerprint density at radius 2 is 1.63 bits per heavy atom. The van der Waals surface area contributed by atoms with Crippen molar-refractivity contribution in [3.05, 3.63) is 71.8 Å². The van der Waals surface area contributed by atoms with Crippen molar-refractivity contribution in [1.82, 2.24) is 5.32 Å². The Balaban J connectivity index is 2.24. The Morgan fingerprint density at radius 1 is 1.00 bits per heavy atom. The maximum absolute atomic E-state index is 12.8. The lowest BCUT2D eigenvalue weighted by molar-refractivity contribution is -0.152. The van der Waals surface area contributed by atoms with Crippen molar-refractivity contribution < 1.29 is 24.2 Å². The van der Waals surface area contributed by atoms with Crippen LogP contribution in [0.15, 0.2) is 60.7 Å². The summed E-state index contributed by atoms with van der Waals surface area (Å²) in [5.74, 6) is -0.582. The summed E-state index contributed by atoms with van der Waals surface area (Å²) in [4.78, 5) is 25.3. The second-order valence-electron chi connectivity index (χ2n) is 6.01. The van der Waals surface area contributed by atoms with E-state index >= 15 is 0 Å². The molecule has 2 rings (SSSR count). The highest BCUT2D eigenvalue weighted by Crippen LogP contribution is 2.29. The van der Waals surface area contributed by atoms with E-state index in [4.69, 9.17) is 9.47 Å². The first kappa shape index (κ1) is 20.5. The van der Waals surface area contributed by atoms with Gasteiger partial charge in [-0.2, -0.15) is 0 Å². The van der Waals surface area contributed by atoms with Crippen LogP contribution >= 0.6 is 0 Å². The second-order valence-corrected chi connectivity index (χ2v) is 6.01. The molecule has 6 nitrogen and oxygen atoms in total. The van der Waals surface area contributed by atoms with Crippen molar-refractivity contribution in [3.8, 4) is 0 Å². The zero-order chi connectivity index (χ0) is 19.5. The predicted molar refractivity (Wildman–Crippen MR) is 101 cm³/mol. The maximum Gasteiger partial charge on any atom is 0.408 e. The van der Waals surface area contributed by atoms with Crippen molar-refractivity contribution in [1.29, 1.82) is 0 Å². The van der Waals surface area contributed by atoms with Crippen molar-refractivity contribution in [2.45, 2.75) is 31.9 Å². The summed E-state index contributed by atoms with van der Waals surface area (Å²) in [6.07, 6.45) is -0.229. The van der Waals surface area contributed by atoms with Crippen LogP contribution in [0.4, 0.5) is 4.79 Å². The number of rotatable bonds is 9. The molecule has 2 aromatic rings. The van der Waals surface area contributed by atoms with Gasteiger partial charge < -0.3 is 19.9 Å². The summed E-state index contributed by atoms with van der Waals surface area (Å²) >= 11 is 0. The SMILES string of the molecule is CCOC(=O)[C@](CCCO)(NC(=O)OCc1ccccc1)c1ccccc1. The monoisotopic (exact) mass is 371 g/mol. The van der Waals surface area contributed by atoms with Crippen LogP contribution in [-0.4, -0.2) is 30.4 Å². The topological polar surface area (TPSA) is 84.9 Å². The first-order valence-corrected chi connectivity index (χ1v) is 8.95. The fraction of sp³-hybridized carbons (Fsp3) is 0.333. The number of amides is 1. The van der Waals surface area contributed by atoms with Gasteiger partial charge in [-0.3, -0.25) is 0 Å². The summed E-state index contributed by atoms with van der Waals surface area (Å²) in [5, 5.41) is 12.0. The van der Waals surface area contributed by atoms with E-state index in [1.807, 2.05) is 36.4 Å². The highest BCUT2D eigenvalue weighted by Gasteiger charge is 2.43. The van der Waals surface area contributed by atoms with Gasteiger partial charge in [0.05, 0.1) is 6.61 Å². The number of benzene rings is 2. The molecule has 1 atom stereocenters. The van der Waals surface area contributed by atoms with Gasteiger partial charge in [0.15, 0.2) is 5.54 Å². The number of esters is 1. The van der Waals surface area contributed by atoms with Gasteiger partial charge in [-0.15, -0.1) is 0 Å². The van der Waals surface area contributed by atoms with Crippen molar-refractivity contribution in [2.24, 2.45) is 0 Å². The van der Waals surface area contributed by atoms with Crippen LogP contribution < -0.4 is 5.32 Å². The van der Waals surface area contributed by atoms with Gasteiger partial charge in [0.1, 0.15) is 6.61 Å². The van der Waals surface area contributed by atoms with E-state index in [1.165, 1.54) is 0 Å². The van der Waals surface area contributed by atoms with E-state index < -0.39 is 17.6 Å². The van der Waals surface area contributed by atoms with Gasteiger partial charge >= 0.3 is 12.1 Å². The first-order chi connectivity index (χ1) is 13.1. The minimum Gasteiger partial charge on any atom is -0.464 e. The molecule has 0 fully saturated rings. The normalized spacial score (nSPS) is 12.7. The molecule has 0 aliphatic heterocycles. The molecule has 2 aromatic carbocycles. The Morgan fingerprint density at radius 3 is 2.22 bits per heavy atom. The average Bonchev–Trinajstić information content (AvgIpc) is 2.71.